The van der Waals surface area contributed by atoms with Gasteiger partial charge in [-0.1, -0.05) is 32.4 Å². The summed E-state index contributed by atoms with van der Waals surface area (Å²) in [5.74, 6) is 2.41. The molecule has 31 heavy (non-hydrogen) atoms. The van der Waals surface area contributed by atoms with Gasteiger partial charge in [0.25, 0.3) is 0 Å². The first kappa shape index (κ1) is 20.6. The van der Waals surface area contributed by atoms with Gasteiger partial charge in [0.1, 0.15) is 0 Å². The highest BCUT2D eigenvalue weighted by Crippen LogP contribution is 2.63. The van der Waals surface area contributed by atoms with Crippen molar-refractivity contribution < 1.29 is 14.6 Å². The molecule has 4 nitrogen and oxygen atoms in total. The lowest BCUT2D eigenvalue weighted by Crippen LogP contribution is -2.49. The number of carbonyl (C=O) groups is 1. The van der Waals surface area contributed by atoms with Gasteiger partial charge >= 0.3 is 0 Å². The summed E-state index contributed by atoms with van der Waals surface area (Å²) in [7, 11) is 0. The molecular formula is C27H39NO3. The summed E-state index contributed by atoms with van der Waals surface area (Å²) in [6.45, 7) is 10.3. The van der Waals surface area contributed by atoms with E-state index >= 15 is 0 Å². The third kappa shape index (κ3) is 2.62. The molecule has 0 aromatic heterocycles. The molecule has 2 aliphatic heterocycles. The number of piperidine rings is 1. The highest BCUT2D eigenvalue weighted by Gasteiger charge is 2.63. The van der Waals surface area contributed by atoms with Crippen molar-refractivity contribution in [2.75, 3.05) is 6.54 Å². The van der Waals surface area contributed by atoms with E-state index in [1.807, 2.05) is 0 Å². The summed E-state index contributed by atoms with van der Waals surface area (Å²) >= 11 is 0. The van der Waals surface area contributed by atoms with E-state index in [4.69, 9.17) is 4.74 Å². The van der Waals surface area contributed by atoms with Gasteiger partial charge in [0.05, 0.1) is 17.8 Å². The first-order valence-electron chi connectivity index (χ1n) is 12.8. The SMILES string of the molecule is CC1=C2C(=O)[C@@H]3[C@@H](CC=C4C[C@@H](O)CC[C@@]43C)[C@@H]2CC[C@]12O[C@@H]1C[C@H](C)CN[C@H]1[C@H]2C. The van der Waals surface area contributed by atoms with Gasteiger partial charge in [0.15, 0.2) is 5.78 Å². The molecule has 0 aromatic carbocycles. The fourth-order valence-corrected chi connectivity index (χ4v) is 8.93. The molecule has 0 aromatic rings. The minimum absolute atomic E-state index is 0.0653. The van der Waals surface area contributed by atoms with E-state index in [0.29, 0.717) is 35.5 Å². The van der Waals surface area contributed by atoms with Crippen molar-refractivity contribution >= 4 is 5.78 Å². The second-order valence-corrected chi connectivity index (χ2v) is 12.1. The molecular weight excluding hydrogens is 386 g/mol. The zero-order valence-electron chi connectivity index (χ0n) is 19.6. The van der Waals surface area contributed by atoms with Gasteiger partial charge in [-0.05, 0) is 87.2 Å². The third-order valence-electron chi connectivity index (χ3n) is 10.6. The molecule has 0 amide bonds. The maximum atomic E-state index is 14.1. The van der Waals surface area contributed by atoms with Crippen LogP contribution in [-0.2, 0) is 9.53 Å². The van der Waals surface area contributed by atoms with E-state index in [-0.39, 0.29) is 29.1 Å². The molecule has 2 N–H and O–H groups in total. The second-order valence-electron chi connectivity index (χ2n) is 12.1. The first-order chi connectivity index (χ1) is 14.8. The molecule has 0 bridgehead atoms. The van der Waals surface area contributed by atoms with Crippen LogP contribution >= 0.6 is 0 Å². The van der Waals surface area contributed by atoms with Gasteiger partial charge in [-0.2, -0.15) is 0 Å². The van der Waals surface area contributed by atoms with Crippen LogP contribution in [0.25, 0.3) is 0 Å². The van der Waals surface area contributed by atoms with Crippen molar-refractivity contribution in [1.29, 1.82) is 0 Å². The molecule has 4 heteroatoms. The molecule has 0 radical (unpaired) electrons. The minimum atomic E-state index is -0.263. The summed E-state index contributed by atoms with van der Waals surface area (Å²) in [6, 6.07) is 0.410. The number of hydrogen-bond acceptors (Lipinski definition) is 4. The van der Waals surface area contributed by atoms with Gasteiger partial charge < -0.3 is 15.2 Å². The summed E-state index contributed by atoms with van der Waals surface area (Å²) in [5, 5.41) is 14.0. The van der Waals surface area contributed by atoms with E-state index in [2.05, 4.69) is 39.1 Å². The average molecular weight is 426 g/mol. The Balaban J connectivity index is 1.39. The molecule has 6 rings (SSSR count). The number of rotatable bonds is 0. The summed E-state index contributed by atoms with van der Waals surface area (Å²) in [4.78, 5) is 14.1. The highest BCUT2D eigenvalue weighted by atomic mass is 16.5. The Kier molecular flexibility index (Phi) is 4.51. The lowest BCUT2D eigenvalue weighted by atomic mass is 9.56. The third-order valence-corrected chi connectivity index (χ3v) is 10.6. The number of fused-ring (bicyclic) bond motifs is 6. The Labute approximate surface area is 186 Å². The minimum Gasteiger partial charge on any atom is -0.393 e. The van der Waals surface area contributed by atoms with Crippen LogP contribution in [0.2, 0.25) is 0 Å². The number of hydrogen-bond donors (Lipinski definition) is 2. The van der Waals surface area contributed by atoms with Crippen LogP contribution in [0.15, 0.2) is 22.8 Å². The molecule has 2 heterocycles. The van der Waals surface area contributed by atoms with Gasteiger partial charge in [0, 0.05) is 23.5 Å². The predicted octanol–water partition coefficient (Wildman–Crippen LogP) is 4.18. The van der Waals surface area contributed by atoms with Crippen molar-refractivity contribution in [1.82, 2.24) is 5.32 Å². The predicted molar refractivity (Wildman–Crippen MR) is 120 cm³/mol. The molecule has 2 saturated carbocycles. The van der Waals surface area contributed by atoms with Gasteiger partial charge in [0.2, 0.25) is 0 Å². The molecule has 4 aliphatic carbocycles. The summed E-state index contributed by atoms with van der Waals surface area (Å²) in [6.07, 6.45) is 9.23. The number of nitrogens with one attached hydrogen (secondary N) is 1. The normalized spacial score (nSPS) is 53.7. The van der Waals surface area contributed by atoms with E-state index in [9.17, 15) is 9.90 Å². The largest absolute Gasteiger partial charge is 0.393 e. The van der Waals surface area contributed by atoms with Crippen LogP contribution in [0.1, 0.15) is 72.6 Å². The monoisotopic (exact) mass is 425 g/mol. The number of ketones is 1. The zero-order valence-corrected chi connectivity index (χ0v) is 19.6. The summed E-state index contributed by atoms with van der Waals surface area (Å²) < 4.78 is 6.93. The lowest BCUT2D eigenvalue weighted by molar-refractivity contribution is -0.123. The smallest absolute Gasteiger partial charge is 0.163 e. The van der Waals surface area contributed by atoms with Crippen molar-refractivity contribution in [3.05, 3.63) is 22.8 Å². The molecule has 10 atom stereocenters. The number of allylic oxidation sites excluding steroid dienone is 2. The Bertz CT molecular complexity index is 876. The quantitative estimate of drug-likeness (QED) is 0.572. The van der Waals surface area contributed by atoms with E-state index in [0.717, 1.165) is 57.1 Å². The fourth-order valence-electron chi connectivity index (χ4n) is 8.93. The second kappa shape index (κ2) is 6.77. The first-order valence-corrected chi connectivity index (χ1v) is 12.8. The zero-order chi connectivity index (χ0) is 21.7. The molecule has 6 aliphatic rings. The maximum absolute atomic E-state index is 14.1. The number of carbonyl (C=O) groups excluding carboxylic acids is 1. The average Bonchev–Trinajstić information content (AvgIpc) is 3.18. The van der Waals surface area contributed by atoms with Crippen LogP contribution in [0.3, 0.4) is 0 Å². The standard InChI is InChI=1S/C27H39NO3/c1-14-11-21-24(28-13-14)16(3)27(31-21)10-8-19-20-6-5-17-12-18(29)7-9-26(17,4)23(20)25(30)22(19)15(27)2/h5,14,16,18-21,23-24,28-29H,6-13H2,1-4H3/t14-,16+,18-,19-,20-,21+,23-,24-,26-,27-/m0/s1. The molecule has 0 unspecified atom stereocenters. The van der Waals surface area contributed by atoms with Crippen LogP contribution < -0.4 is 5.32 Å². The van der Waals surface area contributed by atoms with Crippen LogP contribution in [0.5, 0.6) is 0 Å². The topological polar surface area (TPSA) is 58.6 Å². The Morgan fingerprint density at radius 1 is 1.23 bits per heavy atom. The highest BCUT2D eigenvalue weighted by molar-refractivity contribution is 6.02. The Hall–Kier alpha value is -0.970. The molecule has 170 valence electrons. The van der Waals surface area contributed by atoms with E-state index < -0.39 is 0 Å². The lowest BCUT2D eigenvalue weighted by Gasteiger charge is -2.48. The molecule has 2 saturated heterocycles. The van der Waals surface area contributed by atoms with Crippen LogP contribution in [0.4, 0.5) is 0 Å². The van der Waals surface area contributed by atoms with Crippen LogP contribution in [-0.4, -0.2) is 41.3 Å². The van der Waals surface area contributed by atoms with Crippen molar-refractivity contribution in [3.63, 3.8) is 0 Å². The van der Waals surface area contributed by atoms with Gasteiger partial charge in [-0.25, -0.2) is 0 Å². The Morgan fingerprint density at radius 3 is 2.84 bits per heavy atom. The van der Waals surface area contributed by atoms with E-state index in [1.54, 1.807) is 0 Å². The van der Waals surface area contributed by atoms with Crippen molar-refractivity contribution in [2.45, 2.75) is 96.5 Å². The van der Waals surface area contributed by atoms with E-state index in [1.165, 1.54) is 11.1 Å². The van der Waals surface area contributed by atoms with Crippen molar-refractivity contribution in [2.24, 2.45) is 35.0 Å². The number of ether oxygens (including phenoxy) is 1. The van der Waals surface area contributed by atoms with Crippen molar-refractivity contribution in [3.8, 4) is 0 Å². The summed E-state index contributed by atoms with van der Waals surface area (Å²) in [5.41, 5.74) is 3.43. The van der Waals surface area contributed by atoms with Crippen LogP contribution in [0, 0.1) is 35.0 Å². The number of aliphatic hydroxyl groups excluding tert-OH is 1. The Morgan fingerprint density at radius 2 is 2.03 bits per heavy atom. The number of aliphatic hydroxyl groups is 1. The maximum Gasteiger partial charge on any atom is 0.163 e. The fraction of sp³-hybridized carbons (Fsp3) is 0.815. The number of Topliss-reactive ketones (excluding diaryl/α,β-unsaturated/α-hetero) is 1. The molecule has 4 fully saturated rings. The molecule has 1 spiro atoms. The van der Waals surface area contributed by atoms with Gasteiger partial charge in [-0.3, -0.25) is 4.79 Å². The van der Waals surface area contributed by atoms with Gasteiger partial charge in [-0.15, -0.1) is 0 Å².